The second-order valence-corrected chi connectivity index (χ2v) is 9.30. The largest absolute Gasteiger partial charge is 0.272 e. The molecule has 32 heavy (non-hydrogen) atoms. The van der Waals surface area contributed by atoms with Crippen molar-refractivity contribution in [2.75, 3.05) is 5.75 Å². The Bertz CT molecular complexity index is 1240. The molecule has 3 aromatic carbocycles. The molecule has 0 fully saturated rings. The molecular formula is C23H17Br2N5OS. The molecule has 0 spiro atoms. The Balaban J connectivity index is 1.51. The molecule has 4 rings (SSSR count). The fourth-order valence-electron chi connectivity index (χ4n) is 2.88. The molecule has 0 radical (unpaired) electrons. The molecular weight excluding hydrogens is 554 g/mol. The van der Waals surface area contributed by atoms with E-state index < -0.39 is 0 Å². The van der Waals surface area contributed by atoms with Crippen molar-refractivity contribution in [3.8, 4) is 17.1 Å². The maximum atomic E-state index is 12.3. The molecule has 0 aliphatic carbocycles. The first-order valence-corrected chi connectivity index (χ1v) is 12.1. The van der Waals surface area contributed by atoms with Gasteiger partial charge in [-0.25, -0.2) is 5.43 Å². The van der Waals surface area contributed by atoms with Gasteiger partial charge in [0.05, 0.1) is 12.0 Å². The fraction of sp³-hybridized carbons (Fsp3) is 0.0435. The van der Waals surface area contributed by atoms with E-state index in [4.69, 9.17) is 0 Å². The summed E-state index contributed by atoms with van der Waals surface area (Å²) >= 11 is 8.22. The monoisotopic (exact) mass is 569 g/mol. The van der Waals surface area contributed by atoms with E-state index in [0.717, 1.165) is 25.8 Å². The summed E-state index contributed by atoms with van der Waals surface area (Å²) in [7, 11) is 0. The molecule has 0 aliphatic heterocycles. The van der Waals surface area contributed by atoms with E-state index in [1.165, 1.54) is 11.8 Å². The Morgan fingerprint density at radius 3 is 2.44 bits per heavy atom. The van der Waals surface area contributed by atoms with Crippen LogP contribution < -0.4 is 5.43 Å². The Kier molecular flexibility index (Phi) is 7.51. The average Bonchev–Trinajstić information content (AvgIpc) is 3.24. The van der Waals surface area contributed by atoms with Crippen molar-refractivity contribution < 1.29 is 4.79 Å². The fourth-order valence-corrected chi connectivity index (χ4v) is 4.27. The highest BCUT2D eigenvalue weighted by atomic mass is 79.9. The highest BCUT2D eigenvalue weighted by Gasteiger charge is 2.17. The predicted molar refractivity (Wildman–Crippen MR) is 135 cm³/mol. The van der Waals surface area contributed by atoms with Crippen LogP contribution in [0.4, 0.5) is 0 Å². The average molecular weight is 571 g/mol. The molecule has 4 aromatic rings. The second-order valence-electron chi connectivity index (χ2n) is 6.59. The second kappa shape index (κ2) is 10.7. The van der Waals surface area contributed by atoms with E-state index in [0.29, 0.717) is 11.0 Å². The van der Waals surface area contributed by atoms with Crippen LogP contribution in [0.15, 0.2) is 98.1 Å². The van der Waals surface area contributed by atoms with Gasteiger partial charge in [0.2, 0.25) is 0 Å². The van der Waals surface area contributed by atoms with Crippen LogP contribution in [-0.4, -0.2) is 32.6 Å². The number of hydrazone groups is 1. The zero-order valence-corrected chi connectivity index (χ0v) is 20.6. The third-order valence-electron chi connectivity index (χ3n) is 4.38. The first kappa shape index (κ1) is 22.4. The van der Waals surface area contributed by atoms with Crippen LogP contribution in [0.3, 0.4) is 0 Å². The number of aromatic nitrogens is 3. The zero-order valence-electron chi connectivity index (χ0n) is 16.7. The van der Waals surface area contributed by atoms with Crippen LogP contribution in [0.25, 0.3) is 17.1 Å². The van der Waals surface area contributed by atoms with Gasteiger partial charge in [-0.3, -0.25) is 9.36 Å². The summed E-state index contributed by atoms with van der Waals surface area (Å²) in [5.74, 6) is 0.629. The Morgan fingerprint density at radius 2 is 1.69 bits per heavy atom. The summed E-state index contributed by atoms with van der Waals surface area (Å²) in [6, 6.07) is 25.4. The van der Waals surface area contributed by atoms with Gasteiger partial charge >= 0.3 is 0 Å². The molecule has 0 aliphatic rings. The minimum Gasteiger partial charge on any atom is -0.272 e. The number of benzene rings is 3. The van der Waals surface area contributed by atoms with E-state index in [9.17, 15) is 4.79 Å². The summed E-state index contributed by atoms with van der Waals surface area (Å²) in [5.41, 5.74) is 5.29. The lowest BCUT2D eigenvalue weighted by Gasteiger charge is -2.10. The first-order chi connectivity index (χ1) is 15.6. The zero-order chi connectivity index (χ0) is 22.3. The topological polar surface area (TPSA) is 72.2 Å². The van der Waals surface area contributed by atoms with Gasteiger partial charge in [0.25, 0.3) is 5.91 Å². The Hall–Kier alpha value is -2.75. The lowest BCUT2D eigenvalue weighted by molar-refractivity contribution is -0.118. The number of rotatable bonds is 7. The van der Waals surface area contributed by atoms with E-state index >= 15 is 0 Å². The van der Waals surface area contributed by atoms with Crippen molar-refractivity contribution in [3.05, 3.63) is 93.4 Å². The number of hydrogen-bond acceptors (Lipinski definition) is 5. The maximum absolute atomic E-state index is 12.3. The molecule has 0 atom stereocenters. The number of carbonyl (C=O) groups is 1. The first-order valence-electron chi connectivity index (χ1n) is 9.58. The summed E-state index contributed by atoms with van der Waals surface area (Å²) in [6.07, 6.45) is 1.60. The predicted octanol–water partition coefficient (Wildman–Crippen LogP) is 5.70. The van der Waals surface area contributed by atoms with Gasteiger partial charge in [-0.15, -0.1) is 10.2 Å². The maximum Gasteiger partial charge on any atom is 0.250 e. The van der Waals surface area contributed by atoms with Crippen LogP contribution in [0.1, 0.15) is 5.56 Å². The minimum atomic E-state index is -0.232. The van der Waals surface area contributed by atoms with E-state index in [1.54, 1.807) is 6.21 Å². The molecule has 160 valence electrons. The highest BCUT2D eigenvalue weighted by molar-refractivity contribution is 9.10. The third-order valence-corrected chi connectivity index (χ3v) is 6.56. The molecule has 0 unspecified atom stereocenters. The summed E-state index contributed by atoms with van der Waals surface area (Å²) in [6.45, 7) is 0. The van der Waals surface area contributed by atoms with Crippen molar-refractivity contribution in [3.63, 3.8) is 0 Å². The standard InChI is InChI=1S/C23H17Br2N5OS/c24-18-10-12-19(13-11-18)30-22(16-6-2-1-3-7-16)28-29-23(30)32-15-21(31)27-26-14-17-8-4-5-9-20(17)25/h1-14H,15H2,(H,27,31)/b26-14-. The molecule has 0 bridgehead atoms. The summed E-state index contributed by atoms with van der Waals surface area (Å²) in [5, 5.41) is 13.4. The molecule has 0 saturated heterocycles. The van der Waals surface area contributed by atoms with Crippen LogP contribution in [0.5, 0.6) is 0 Å². The summed E-state index contributed by atoms with van der Waals surface area (Å²) in [4.78, 5) is 12.3. The highest BCUT2D eigenvalue weighted by Crippen LogP contribution is 2.28. The van der Waals surface area contributed by atoms with Gasteiger partial charge in [0, 0.05) is 25.8 Å². The number of thioether (sulfide) groups is 1. The molecule has 1 heterocycles. The number of hydrogen-bond donors (Lipinski definition) is 1. The van der Waals surface area contributed by atoms with Gasteiger partial charge in [-0.1, -0.05) is 92.2 Å². The summed E-state index contributed by atoms with van der Waals surface area (Å²) < 4.78 is 3.83. The van der Waals surface area contributed by atoms with E-state index in [1.807, 2.05) is 83.4 Å². The van der Waals surface area contributed by atoms with Crippen molar-refractivity contribution in [1.82, 2.24) is 20.2 Å². The third kappa shape index (κ3) is 5.53. The lowest BCUT2D eigenvalue weighted by atomic mass is 10.2. The smallest absolute Gasteiger partial charge is 0.250 e. The van der Waals surface area contributed by atoms with Gasteiger partial charge < -0.3 is 0 Å². The minimum absolute atomic E-state index is 0.150. The molecule has 1 aromatic heterocycles. The molecule has 1 amide bonds. The van der Waals surface area contributed by atoms with Crippen LogP contribution in [-0.2, 0) is 4.79 Å². The van der Waals surface area contributed by atoms with E-state index in [-0.39, 0.29) is 11.7 Å². The van der Waals surface area contributed by atoms with Crippen LogP contribution in [0, 0.1) is 0 Å². The van der Waals surface area contributed by atoms with Gasteiger partial charge in [0.1, 0.15) is 0 Å². The number of amides is 1. The normalized spacial score (nSPS) is 11.1. The lowest BCUT2D eigenvalue weighted by Crippen LogP contribution is -2.20. The number of nitrogens with zero attached hydrogens (tertiary/aromatic N) is 4. The van der Waals surface area contributed by atoms with Crippen molar-refractivity contribution in [1.29, 1.82) is 0 Å². The van der Waals surface area contributed by atoms with Crippen LogP contribution in [0.2, 0.25) is 0 Å². The Labute approximate surface area is 206 Å². The number of halogens is 2. The van der Waals surface area contributed by atoms with Crippen LogP contribution >= 0.6 is 43.6 Å². The van der Waals surface area contributed by atoms with Crippen molar-refractivity contribution >= 4 is 55.7 Å². The van der Waals surface area contributed by atoms with Gasteiger partial charge in [-0.2, -0.15) is 5.10 Å². The Morgan fingerprint density at radius 1 is 0.969 bits per heavy atom. The SMILES string of the molecule is O=C(CSc1nnc(-c2ccccc2)n1-c1ccc(Br)cc1)N/N=C\c1ccccc1Br. The molecule has 6 nitrogen and oxygen atoms in total. The molecule has 0 saturated carbocycles. The molecule has 1 N–H and O–H groups in total. The van der Waals surface area contributed by atoms with E-state index in [2.05, 4.69) is 52.6 Å². The molecule has 9 heteroatoms. The number of carbonyl (C=O) groups excluding carboxylic acids is 1. The van der Waals surface area contributed by atoms with Crippen molar-refractivity contribution in [2.24, 2.45) is 5.10 Å². The van der Waals surface area contributed by atoms with Gasteiger partial charge in [0.15, 0.2) is 11.0 Å². The van der Waals surface area contributed by atoms with Gasteiger partial charge in [-0.05, 0) is 30.3 Å². The quantitative estimate of drug-likeness (QED) is 0.176. The van der Waals surface area contributed by atoms with Crippen molar-refractivity contribution in [2.45, 2.75) is 5.16 Å². The number of nitrogens with one attached hydrogen (secondary N) is 1.